The molecular formula is C18H19N5OS. The smallest absolute Gasteiger partial charge is 0.251 e. The fourth-order valence-electron chi connectivity index (χ4n) is 2.41. The van der Waals surface area contributed by atoms with Crippen LogP contribution in [0.3, 0.4) is 0 Å². The first kappa shape index (κ1) is 17.2. The molecule has 1 amide bonds. The maximum atomic E-state index is 12.2. The quantitative estimate of drug-likeness (QED) is 0.763. The fourth-order valence-corrected chi connectivity index (χ4v) is 3.12. The molecule has 0 fully saturated rings. The number of benzene rings is 1. The predicted molar refractivity (Wildman–Crippen MR) is 97.6 cm³/mol. The third kappa shape index (κ3) is 4.24. The number of hydrogen-bond acceptors (Lipinski definition) is 6. The minimum Gasteiger partial charge on any atom is -0.352 e. The van der Waals surface area contributed by atoms with E-state index in [1.165, 1.54) is 0 Å². The molecule has 2 heterocycles. The van der Waals surface area contributed by atoms with Crippen molar-refractivity contribution in [3.05, 3.63) is 57.4 Å². The van der Waals surface area contributed by atoms with Crippen LogP contribution in [0.2, 0.25) is 0 Å². The summed E-state index contributed by atoms with van der Waals surface area (Å²) < 4.78 is 0. The van der Waals surface area contributed by atoms with Gasteiger partial charge in [0, 0.05) is 30.3 Å². The molecule has 0 saturated heterocycles. The average molecular weight is 353 g/mol. The number of amides is 1. The number of carbonyl (C=O) groups excluding carboxylic acids is 1. The van der Waals surface area contributed by atoms with Gasteiger partial charge in [-0.1, -0.05) is 12.1 Å². The molecule has 0 bridgehead atoms. The van der Waals surface area contributed by atoms with Crippen molar-refractivity contribution in [2.45, 2.75) is 27.2 Å². The van der Waals surface area contributed by atoms with Gasteiger partial charge in [-0.05, 0) is 32.9 Å². The standard InChI is InChI=1S/C18H19N5OS/c1-11-10-20-12(2)17(21-11)14-4-6-15(7-5-14)18(24)19-9-8-16-23-22-13(3)25-16/h4-7,10H,8-9H2,1-3H3,(H,19,24). The Kier molecular flexibility index (Phi) is 5.14. The van der Waals surface area contributed by atoms with Gasteiger partial charge in [0.1, 0.15) is 10.0 Å². The maximum absolute atomic E-state index is 12.2. The number of aryl methyl sites for hydroxylation is 3. The molecule has 0 unspecified atom stereocenters. The highest BCUT2D eigenvalue weighted by Crippen LogP contribution is 2.20. The Morgan fingerprint density at radius 3 is 2.56 bits per heavy atom. The molecular weight excluding hydrogens is 334 g/mol. The van der Waals surface area contributed by atoms with Crippen LogP contribution < -0.4 is 5.32 Å². The molecule has 0 radical (unpaired) electrons. The molecule has 2 aromatic heterocycles. The van der Waals surface area contributed by atoms with Crippen LogP contribution in [0.25, 0.3) is 11.3 Å². The van der Waals surface area contributed by atoms with E-state index >= 15 is 0 Å². The van der Waals surface area contributed by atoms with Crippen LogP contribution in [0.1, 0.15) is 31.8 Å². The molecule has 1 N–H and O–H groups in total. The lowest BCUT2D eigenvalue weighted by Gasteiger charge is -2.07. The van der Waals surface area contributed by atoms with Gasteiger partial charge < -0.3 is 5.32 Å². The lowest BCUT2D eigenvalue weighted by atomic mass is 10.1. The molecule has 25 heavy (non-hydrogen) atoms. The van der Waals surface area contributed by atoms with Gasteiger partial charge >= 0.3 is 0 Å². The summed E-state index contributed by atoms with van der Waals surface area (Å²) in [6, 6.07) is 7.42. The van der Waals surface area contributed by atoms with Crippen molar-refractivity contribution in [3.63, 3.8) is 0 Å². The summed E-state index contributed by atoms with van der Waals surface area (Å²) >= 11 is 1.55. The van der Waals surface area contributed by atoms with E-state index < -0.39 is 0 Å². The molecule has 0 aliphatic carbocycles. The summed E-state index contributed by atoms with van der Waals surface area (Å²) in [4.78, 5) is 21.1. The molecule has 1 aromatic carbocycles. The lowest BCUT2D eigenvalue weighted by Crippen LogP contribution is -2.25. The van der Waals surface area contributed by atoms with Crippen molar-refractivity contribution in [1.82, 2.24) is 25.5 Å². The minimum absolute atomic E-state index is 0.0974. The molecule has 3 rings (SSSR count). The Morgan fingerprint density at radius 1 is 1.12 bits per heavy atom. The Bertz CT molecular complexity index is 889. The number of carbonyl (C=O) groups is 1. The van der Waals surface area contributed by atoms with Crippen LogP contribution in [-0.4, -0.2) is 32.6 Å². The Labute approximate surface area is 150 Å². The SMILES string of the molecule is Cc1cnc(C)c(-c2ccc(C(=O)NCCc3nnc(C)s3)cc2)n1. The second kappa shape index (κ2) is 7.48. The van der Waals surface area contributed by atoms with Crippen LogP contribution in [0.4, 0.5) is 0 Å². The zero-order valence-corrected chi connectivity index (χ0v) is 15.2. The van der Waals surface area contributed by atoms with Gasteiger partial charge in [0.2, 0.25) is 0 Å². The van der Waals surface area contributed by atoms with Crippen LogP contribution in [0.5, 0.6) is 0 Å². The second-order valence-electron chi connectivity index (χ2n) is 5.74. The molecule has 0 aliphatic rings. The van der Waals surface area contributed by atoms with Crippen molar-refractivity contribution in [2.24, 2.45) is 0 Å². The topological polar surface area (TPSA) is 80.7 Å². The van der Waals surface area contributed by atoms with Crippen molar-refractivity contribution in [2.75, 3.05) is 6.54 Å². The van der Waals surface area contributed by atoms with Gasteiger partial charge in [-0.2, -0.15) is 0 Å². The van der Waals surface area contributed by atoms with Crippen LogP contribution >= 0.6 is 11.3 Å². The molecule has 3 aromatic rings. The maximum Gasteiger partial charge on any atom is 0.251 e. The van der Waals surface area contributed by atoms with E-state index in [2.05, 4.69) is 25.5 Å². The largest absolute Gasteiger partial charge is 0.352 e. The van der Waals surface area contributed by atoms with Crippen molar-refractivity contribution >= 4 is 17.2 Å². The van der Waals surface area contributed by atoms with Gasteiger partial charge in [-0.15, -0.1) is 21.5 Å². The summed E-state index contributed by atoms with van der Waals surface area (Å²) in [5.74, 6) is -0.0974. The monoisotopic (exact) mass is 353 g/mol. The number of hydrogen-bond donors (Lipinski definition) is 1. The van der Waals surface area contributed by atoms with E-state index in [0.717, 1.165) is 32.7 Å². The summed E-state index contributed by atoms with van der Waals surface area (Å²) in [6.07, 6.45) is 2.44. The van der Waals surface area contributed by atoms with E-state index in [0.29, 0.717) is 18.5 Å². The highest BCUT2D eigenvalue weighted by atomic mass is 32.1. The predicted octanol–water partition coefficient (Wildman–Crippen LogP) is 2.89. The van der Waals surface area contributed by atoms with Gasteiger partial charge in [0.05, 0.1) is 17.1 Å². The highest BCUT2D eigenvalue weighted by molar-refractivity contribution is 7.11. The van der Waals surface area contributed by atoms with E-state index in [4.69, 9.17) is 0 Å². The highest BCUT2D eigenvalue weighted by Gasteiger charge is 2.09. The van der Waals surface area contributed by atoms with Crippen LogP contribution in [-0.2, 0) is 6.42 Å². The first-order valence-corrected chi connectivity index (χ1v) is 8.82. The first-order valence-electron chi connectivity index (χ1n) is 8.01. The molecule has 0 spiro atoms. The van der Waals surface area contributed by atoms with E-state index in [9.17, 15) is 4.79 Å². The Hall–Kier alpha value is -2.67. The summed E-state index contributed by atoms with van der Waals surface area (Å²) in [5.41, 5.74) is 4.16. The molecule has 0 saturated carbocycles. The Morgan fingerprint density at radius 2 is 1.88 bits per heavy atom. The van der Waals surface area contributed by atoms with Gasteiger partial charge in [0.15, 0.2) is 0 Å². The van der Waals surface area contributed by atoms with Crippen molar-refractivity contribution in [3.8, 4) is 11.3 Å². The molecule has 6 nitrogen and oxygen atoms in total. The molecule has 128 valence electrons. The van der Waals surface area contributed by atoms with Crippen LogP contribution in [0, 0.1) is 20.8 Å². The summed E-state index contributed by atoms with van der Waals surface area (Å²) in [7, 11) is 0. The minimum atomic E-state index is -0.0974. The summed E-state index contributed by atoms with van der Waals surface area (Å²) in [5, 5.41) is 12.8. The third-order valence-corrected chi connectivity index (χ3v) is 4.59. The van der Waals surface area contributed by atoms with Crippen molar-refractivity contribution < 1.29 is 4.79 Å². The molecule has 7 heteroatoms. The average Bonchev–Trinajstić information content (AvgIpc) is 3.02. The van der Waals surface area contributed by atoms with Crippen molar-refractivity contribution in [1.29, 1.82) is 0 Å². The van der Waals surface area contributed by atoms with E-state index in [1.807, 2.05) is 45.0 Å². The van der Waals surface area contributed by atoms with Gasteiger partial charge in [-0.3, -0.25) is 9.78 Å². The van der Waals surface area contributed by atoms with E-state index in [1.54, 1.807) is 17.5 Å². The zero-order valence-electron chi connectivity index (χ0n) is 14.4. The summed E-state index contributed by atoms with van der Waals surface area (Å²) in [6.45, 7) is 6.30. The third-order valence-electron chi connectivity index (χ3n) is 3.69. The second-order valence-corrected chi connectivity index (χ2v) is 7.01. The van der Waals surface area contributed by atoms with Gasteiger partial charge in [-0.25, -0.2) is 4.98 Å². The normalized spacial score (nSPS) is 10.7. The number of aromatic nitrogens is 4. The lowest BCUT2D eigenvalue weighted by molar-refractivity contribution is 0.0954. The number of nitrogens with one attached hydrogen (secondary N) is 1. The Balaban J connectivity index is 1.63. The molecule has 0 aliphatic heterocycles. The first-order chi connectivity index (χ1) is 12.0. The number of rotatable bonds is 5. The fraction of sp³-hybridized carbons (Fsp3) is 0.278. The molecule has 0 atom stereocenters. The van der Waals surface area contributed by atoms with E-state index in [-0.39, 0.29) is 5.91 Å². The van der Waals surface area contributed by atoms with Crippen LogP contribution in [0.15, 0.2) is 30.5 Å². The van der Waals surface area contributed by atoms with Gasteiger partial charge in [0.25, 0.3) is 5.91 Å². The number of nitrogens with zero attached hydrogens (tertiary/aromatic N) is 4. The zero-order chi connectivity index (χ0) is 17.8.